The molecule has 162 valence electrons. The van der Waals surface area contributed by atoms with Gasteiger partial charge in [-0.15, -0.1) is 10.2 Å². The van der Waals surface area contributed by atoms with Crippen LogP contribution in [-0.2, 0) is 4.79 Å². The van der Waals surface area contributed by atoms with E-state index in [4.69, 9.17) is 0 Å². The molecule has 0 spiro atoms. The Bertz CT molecular complexity index is 1060. The number of likely N-dealkylation sites (tertiary alicyclic amines) is 1. The average molecular weight is 436 g/mol. The first kappa shape index (κ1) is 21.6. The molecule has 0 radical (unpaired) electrons. The van der Waals surface area contributed by atoms with E-state index in [1.807, 2.05) is 16.7 Å². The van der Waals surface area contributed by atoms with Gasteiger partial charge in [0.15, 0.2) is 11.0 Å². The molecule has 1 amide bonds. The number of rotatable bonds is 5. The van der Waals surface area contributed by atoms with Crippen molar-refractivity contribution < 1.29 is 4.79 Å². The lowest BCUT2D eigenvalue weighted by molar-refractivity contribution is -0.134. The van der Waals surface area contributed by atoms with Crippen LogP contribution in [0.15, 0.2) is 47.9 Å². The summed E-state index contributed by atoms with van der Waals surface area (Å²) in [6.45, 7) is 8.50. The summed E-state index contributed by atoms with van der Waals surface area (Å²) in [6, 6.07) is 10.8. The number of pyridine rings is 1. The standard InChI is InChI=1S/C24H29N5OS/c1-16-8-9-21(14-17(16)2)29-23(20-10-12-25-13-11-20)26-27-24(29)31-15-22(30)28-18(3)6-5-7-19(28)4/h8-14,18-19H,5-7,15H2,1-4H3/t18-,19-/m0/s1. The van der Waals surface area contributed by atoms with Gasteiger partial charge in [-0.25, -0.2) is 0 Å². The van der Waals surface area contributed by atoms with Crippen molar-refractivity contribution in [1.82, 2.24) is 24.6 Å². The third kappa shape index (κ3) is 4.51. The maximum absolute atomic E-state index is 13.1. The van der Waals surface area contributed by atoms with E-state index in [1.165, 1.54) is 29.3 Å². The van der Waals surface area contributed by atoms with E-state index in [0.717, 1.165) is 35.1 Å². The SMILES string of the molecule is Cc1ccc(-n2c(SCC(=O)N3[C@@H](C)CCC[C@@H]3C)nnc2-c2ccncc2)cc1C. The summed E-state index contributed by atoms with van der Waals surface area (Å²) < 4.78 is 2.04. The highest BCUT2D eigenvalue weighted by Gasteiger charge is 2.29. The number of aromatic nitrogens is 4. The first-order chi connectivity index (χ1) is 15.0. The van der Waals surface area contributed by atoms with Crippen LogP contribution in [0.25, 0.3) is 17.1 Å². The van der Waals surface area contributed by atoms with E-state index < -0.39 is 0 Å². The molecule has 2 aromatic heterocycles. The van der Waals surface area contributed by atoms with E-state index in [0.29, 0.717) is 17.8 Å². The van der Waals surface area contributed by atoms with Crippen LogP contribution < -0.4 is 0 Å². The van der Waals surface area contributed by atoms with Crippen molar-refractivity contribution in [3.05, 3.63) is 53.9 Å². The molecule has 7 heteroatoms. The van der Waals surface area contributed by atoms with Crippen LogP contribution in [0.1, 0.15) is 44.2 Å². The summed E-state index contributed by atoms with van der Waals surface area (Å²) in [7, 11) is 0. The molecule has 1 aliphatic rings. The van der Waals surface area contributed by atoms with E-state index in [9.17, 15) is 4.79 Å². The summed E-state index contributed by atoms with van der Waals surface area (Å²) in [6.07, 6.45) is 6.85. The zero-order valence-corrected chi connectivity index (χ0v) is 19.4. The van der Waals surface area contributed by atoms with Crippen LogP contribution in [0.5, 0.6) is 0 Å². The predicted octanol–water partition coefficient (Wildman–Crippen LogP) is 4.83. The second-order valence-electron chi connectivity index (χ2n) is 8.36. The Morgan fingerprint density at radius 1 is 1.03 bits per heavy atom. The molecule has 1 aliphatic heterocycles. The first-order valence-corrected chi connectivity index (χ1v) is 11.8. The normalized spacial score (nSPS) is 18.9. The summed E-state index contributed by atoms with van der Waals surface area (Å²) >= 11 is 1.46. The minimum absolute atomic E-state index is 0.171. The fraction of sp³-hybridized carbons (Fsp3) is 0.417. The maximum atomic E-state index is 13.1. The molecule has 0 aliphatic carbocycles. The van der Waals surface area contributed by atoms with Gasteiger partial charge in [-0.05, 0) is 82.3 Å². The molecule has 0 unspecified atom stereocenters. The van der Waals surface area contributed by atoms with Crippen LogP contribution in [0.2, 0.25) is 0 Å². The lowest BCUT2D eigenvalue weighted by Gasteiger charge is -2.39. The van der Waals surface area contributed by atoms with Gasteiger partial charge in [0.25, 0.3) is 0 Å². The van der Waals surface area contributed by atoms with Gasteiger partial charge in [0.2, 0.25) is 5.91 Å². The van der Waals surface area contributed by atoms with Gasteiger partial charge < -0.3 is 4.90 Å². The molecule has 0 bridgehead atoms. The molecule has 6 nitrogen and oxygen atoms in total. The minimum atomic E-state index is 0.171. The second kappa shape index (κ2) is 9.22. The number of aryl methyl sites for hydroxylation is 2. The van der Waals surface area contributed by atoms with E-state index >= 15 is 0 Å². The highest BCUT2D eigenvalue weighted by atomic mass is 32.2. The lowest BCUT2D eigenvalue weighted by Crippen LogP contribution is -2.48. The molecule has 0 N–H and O–H groups in total. The van der Waals surface area contributed by atoms with Crippen LogP contribution in [0.4, 0.5) is 0 Å². The van der Waals surface area contributed by atoms with Gasteiger partial charge in [-0.2, -0.15) is 0 Å². The second-order valence-corrected chi connectivity index (χ2v) is 9.31. The summed E-state index contributed by atoms with van der Waals surface area (Å²) in [5.74, 6) is 1.28. The van der Waals surface area contributed by atoms with Crippen molar-refractivity contribution in [3.8, 4) is 17.1 Å². The Hall–Kier alpha value is -2.67. The van der Waals surface area contributed by atoms with Crippen LogP contribution >= 0.6 is 11.8 Å². The topological polar surface area (TPSA) is 63.9 Å². The van der Waals surface area contributed by atoms with Gasteiger partial charge >= 0.3 is 0 Å². The maximum Gasteiger partial charge on any atom is 0.233 e. The van der Waals surface area contributed by atoms with Crippen molar-refractivity contribution in [3.63, 3.8) is 0 Å². The molecular weight excluding hydrogens is 406 g/mol. The predicted molar refractivity (Wildman–Crippen MR) is 124 cm³/mol. The van der Waals surface area contributed by atoms with E-state index in [1.54, 1.807) is 12.4 Å². The van der Waals surface area contributed by atoms with E-state index in [-0.39, 0.29) is 5.91 Å². The number of thioether (sulfide) groups is 1. The fourth-order valence-corrected chi connectivity index (χ4v) is 5.08. The Morgan fingerprint density at radius 3 is 2.42 bits per heavy atom. The van der Waals surface area contributed by atoms with E-state index in [2.05, 4.69) is 66.0 Å². The lowest BCUT2D eigenvalue weighted by atomic mass is 9.98. The number of hydrogen-bond donors (Lipinski definition) is 0. The third-order valence-electron chi connectivity index (χ3n) is 6.13. The minimum Gasteiger partial charge on any atom is -0.337 e. The highest BCUT2D eigenvalue weighted by molar-refractivity contribution is 7.99. The third-order valence-corrected chi connectivity index (χ3v) is 7.04. The van der Waals surface area contributed by atoms with Crippen molar-refractivity contribution in [2.75, 3.05) is 5.75 Å². The monoisotopic (exact) mass is 435 g/mol. The molecule has 1 aromatic carbocycles. The molecule has 0 saturated carbocycles. The number of piperidine rings is 1. The summed E-state index contributed by atoms with van der Waals surface area (Å²) in [5.41, 5.74) is 4.38. The fourth-order valence-electron chi connectivity index (χ4n) is 4.26. The zero-order chi connectivity index (χ0) is 22.0. The van der Waals surface area contributed by atoms with Crippen molar-refractivity contribution in [2.24, 2.45) is 0 Å². The van der Waals surface area contributed by atoms with Crippen LogP contribution in [0.3, 0.4) is 0 Å². The molecule has 2 atom stereocenters. The first-order valence-electron chi connectivity index (χ1n) is 10.8. The Labute approximate surface area is 188 Å². The summed E-state index contributed by atoms with van der Waals surface area (Å²) in [5, 5.41) is 9.66. The number of nitrogens with zero attached hydrogens (tertiary/aromatic N) is 5. The molecule has 3 aromatic rings. The molecule has 3 heterocycles. The Morgan fingerprint density at radius 2 is 1.74 bits per heavy atom. The van der Waals surface area contributed by atoms with Crippen molar-refractivity contribution >= 4 is 17.7 Å². The smallest absolute Gasteiger partial charge is 0.233 e. The molecule has 31 heavy (non-hydrogen) atoms. The Kier molecular flexibility index (Phi) is 6.41. The van der Waals surface area contributed by atoms with Crippen LogP contribution in [0, 0.1) is 13.8 Å². The average Bonchev–Trinajstić information content (AvgIpc) is 3.18. The molecule has 4 rings (SSSR count). The van der Waals surface area contributed by atoms with Gasteiger partial charge in [-0.3, -0.25) is 14.3 Å². The number of benzene rings is 1. The molecule has 1 saturated heterocycles. The quantitative estimate of drug-likeness (QED) is 0.537. The summed E-state index contributed by atoms with van der Waals surface area (Å²) in [4.78, 5) is 19.2. The van der Waals surface area contributed by atoms with Gasteiger partial charge in [0.05, 0.1) is 11.4 Å². The number of carbonyl (C=O) groups excluding carboxylic acids is 1. The number of hydrogen-bond acceptors (Lipinski definition) is 5. The molecule has 1 fully saturated rings. The highest BCUT2D eigenvalue weighted by Crippen LogP contribution is 2.30. The zero-order valence-electron chi connectivity index (χ0n) is 18.6. The molecular formula is C24H29N5OS. The number of amides is 1. The van der Waals surface area contributed by atoms with Gasteiger partial charge in [0, 0.05) is 30.0 Å². The van der Waals surface area contributed by atoms with Gasteiger partial charge in [-0.1, -0.05) is 17.8 Å². The number of carbonyl (C=O) groups is 1. The van der Waals surface area contributed by atoms with Gasteiger partial charge in [0.1, 0.15) is 0 Å². The van der Waals surface area contributed by atoms with Crippen LogP contribution in [-0.4, -0.2) is 48.4 Å². The Balaban J connectivity index is 1.65. The van der Waals surface area contributed by atoms with Crippen molar-refractivity contribution in [2.45, 2.75) is 64.2 Å². The van der Waals surface area contributed by atoms with Crippen molar-refractivity contribution in [1.29, 1.82) is 0 Å². The largest absolute Gasteiger partial charge is 0.337 e.